The topological polar surface area (TPSA) is 79.0 Å². The Morgan fingerprint density at radius 1 is 1.29 bits per heavy atom. The molecular weight excluding hydrogens is 365 g/mol. The number of carbonyl (C=O) groups is 3. The van der Waals surface area contributed by atoms with E-state index in [1.165, 1.54) is 17.0 Å². The van der Waals surface area contributed by atoms with Crippen LogP contribution in [0.4, 0.5) is 4.39 Å². The summed E-state index contributed by atoms with van der Waals surface area (Å²) < 4.78 is 19.3. The van der Waals surface area contributed by atoms with Crippen molar-refractivity contribution < 1.29 is 23.5 Å². The number of nitrogens with zero attached hydrogens (tertiary/aromatic N) is 2. The molecule has 146 valence electrons. The average molecular weight is 385 g/mol. The molecular formula is C20H20FN3O4. The molecule has 8 heteroatoms. The van der Waals surface area contributed by atoms with E-state index >= 15 is 0 Å². The highest BCUT2D eigenvalue weighted by molar-refractivity contribution is 5.94. The molecule has 0 radical (unpaired) electrons. The average Bonchev–Trinajstić information content (AvgIpc) is 3.31. The van der Waals surface area contributed by atoms with Crippen LogP contribution in [-0.4, -0.2) is 65.4 Å². The Kier molecular flexibility index (Phi) is 3.80. The molecule has 1 aromatic rings. The lowest BCUT2D eigenvalue weighted by Gasteiger charge is -2.32. The molecule has 3 saturated heterocycles. The molecule has 2 unspecified atom stereocenters. The van der Waals surface area contributed by atoms with Crippen molar-refractivity contribution in [2.75, 3.05) is 26.2 Å². The molecule has 4 aliphatic rings. The van der Waals surface area contributed by atoms with Gasteiger partial charge in [-0.2, -0.15) is 0 Å². The van der Waals surface area contributed by atoms with E-state index in [1.54, 1.807) is 17.0 Å². The fourth-order valence-electron chi connectivity index (χ4n) is 4.84. The Hall–Kier alpha value is -2.74. The third-order valence-corrected chi connectivity index (χ3v) is 6.10. The van der Waals surface area contributed by atoms with E-state index in [2.05, 4.69) is 5.32 Å². The van der Waals surface area contributed by atoms with E-state index in [0.29, 0.717) is 26.2 Å². The molecule has 5 rings (SSSR count). The fraction of sp³-hybridized carbons (Fsp3) is 0.450. The Morgan fingerprint density at radius 3 is 2.82 bits per heavy atom. The summed E-state index contributed by atoms with van der Waals surface area (Å²) in [6.07, 6.45) is 3.33. The first-order valence-corrected chi connectivity index (χ1v) is 9.43. The quantitative estimate of drug-likeness (QED) is 0.747. The molecule has 4 heterocycles. The van der Waals surface area contributed by atoms with Crippen LogP contribution in [0.25, 0.3) is 0 Å². The zero-order chi connectivity index (χ0) is 19.5. The van der Waals surface area contributed by atoms with Crippen LogP contribution in [0.2, 0.25) is 0 Å². The number of carbonyl (C=O) groups excluding carboxylic acids is 3. The van der Waals surface area contributed by atoms with Crippen molar-refractivity contribution in [3.8, 4) is 0 Å². The number of halogens is 1. The molecule has 1 spiro atoms. The van der Waals surface area contributed by atoms with E-state index in [1.807, 2.05) is 12.2 Å². The number of ether oxygens (including phenoxy) is 1. The highest BCUT2D eigenvalue weighted by Crippen LogP contribution is 2.52. The number of piperazine rings is 1. The monoisotopic (exact) mass is 385 g/mol. The predicted molar refractivity (Wildman–Crippen MR) is 95.1 cm³/mol. The molecule has 3 amide bonds. The number of hydrogen-bond donors (Lipinski definition) is 1. The van der Waals surface area contributed by atoms with Gasteiger partial charge in [0.1, 0.15) is 11.4 Å². The second-order valence-corrected chi connectivity index (χ2v) is 7.83. The Morgan fingerprint density at radius 2 is 2.07 bits per heavy atom. The number of likely N-dealkylation sites (tertiary alicyclic amines) is 1. The lowest BCUT2D eigenvalue weighted by Crippen LogP contribution is -2.54. The van der Waals surface area contributed by atoms with E-state index in [4.69, 9.17) is 4.74 Å². The van der Waals surface area contributed by atoms with Gasteiger partial charge in [-0.15, -0.1) is 0 Å². The fourth-order valence-corrected chi connectivity index (χ4v) is 4.84. The van der Waals surface area contributed by atoms with Crippen molar-refractivity contribution in [1.82, 2.24) is 15.1 Å². The van der Waals surface area contributed by atoms with E-state index < -0.39 is 23.5 Å². The molecule has 2 bridgehead atoms. The molecule has 3 fully saturated rings. The van der Waals surface area contributed by atoms with Crippen molar-refractivity contribution in [2.24, 2.45) is 11.8 Å². The van der Waals surface area contributed by atoms with Crippen LogP contribution in [0.1, 0.15) is 5.56 Å². The summed E-state index contributed by atoms with van der Waals surface area (Å²) in [5.74, 6) is -2.04. The van der Waals surface area contributed by atoms with Crippen LogP contribution >= 0.6 is 0 Å². The maximum Gasteiger partial charge on any atom is 0.239 e. The number of rotatable bonds is 3. The number of benzene rings is 1. The van der Waals surface area contributed by atoms with Gasteiger partial charge in [0, 0.05) is 19.6 Å². The molecule has 28 heavy (non-hydrogen) atoms. The second-order valence-electron chi connectivity index (χ2n) is 7.83. The smallest absolute Gasteiger partial charge is 0.239 e. The molecule has 7 nitrogen and oxygen atoms in total. The molecule has 0 aliphatic carbocycles. The summed E-state index contributed by atoms with van der Waals surface area (Å²) in [4.78, 5) is 41.2. The number of hydrogen-bond acceptors (Lipinski definition) is 4. The van der Waals surface area contributed by atoms with Gasteiger partial charge in [0.15, 0.2) is 0 Å². The highest BCUT2D eigenvalue weighted by Gasteiger charge is 2.67. The summed E-state index contributed by atoms with van der Waals surface area (Å²) in [6.45, 7) is 1.57. The van der Waals surface area contributed by atoms with Gasteiger partial charge in [-0.1, -0.05) is 24.3 Å². The minimum atomic E-state index is -0.792. The van der Waals surface area contributed by atoms with Crippen LogP contribution in [0, 0.1) is 17.7 Å². The summed E-state index contributed by atoms with van der Waals surface area (Å²) in [6, 6.07) is 6.03. The van der Waals surface area contributed by atoms with Gasteiger partial charge in [-0.05, 0) is 17.7 Å². The van der Waals surface area contributed by atoms with E-state index in [0.717, 1.165) is 5.56 Å². The van der Waals surface area contributed by atoms with Crippen LogP contribution < -0.4 is 5.32 Å². The lowest BCUT2D eigenvalue weighted by molar-refractivity contribution is -0.146. The van der Waals surface area contributed by atoms with Crippen LogP contribution in [0.15, 0.2) is 36.4 Å². The maximum absolute atomic E-state index is 13.2. The normalized spacial score (nSPS) is 33.4. The Labute approximate surface area is 161 Å². The van der Waals surface area contributed by atoms with Gasteiger partial charge in [0.2, 0.25) is 17.7 Å². The summed E-state index contributed by atoms with van der Waals surface area (Å²) in [7, 11) is 0. The highest BCUT2D eigenvalue weighted by atomic mass is 19.1. The summed E-state index contributed by atoms with van der Waals surface area (Å²) in [5, 5.41) is 2.70. The zero-order valence-corrected chi connectivity index (χ0v) is 15.1. The minimum Gasteiger partial charge on any atom is -0.360 e. The summed E-state index contributed by atoms with van der Waals surface area (Å²) in [5.41, 5.74) is 0.0281. The first-order chi connectivity index (χ1) is 13.5. The van der Waals surface area contributed by atoms with Crippen molar-refractivity contribution >= 4 is 17.7 Å². The molecule has 4 atom stereocenters. The van der Waals surface area contributed by atoms with E-state index in [9.17, 15) is 18.8 Å². The molecule has 0 saturated carbocycles. The third-order valence-electron chi connectivity index (χ3n) is 6.10. The molecule has 1 N–H and O–H groups in total. The number of amides is 3. The predicted octanol–water partition coefficient (Wildman–Crippen LogP) is 0.0661. The van der Waals surface area contributed by atoms with Crippen molar-refractivity contribution in [3.05, 3.63) is 47.8 Å². The maximum atomic E-state index is 13.2. The zero-order valence-electron chi connectivity index (χ0n) is 15.1. The van der Waals surface area contributed by atoms with Crippen LogP contribution in [0.3, 0.4) is 0 Å². The standard InChI is InChI=1S/C20H20FN3O4/c21-13-3-1-12(2-4-13)9-24-11-20-6-5-14(28-20)16(17(20)19(24)27)18(26)23-8-7-22-15(25)10-23/h1-6,14,16-17H,7-11H2,(H,22,25)/t14-,16?,17?,20-/m0/s1. The van der Waals surface area contributed by atoms with Gasteiger partial charge < -0.3 is 19.9 Å². The van der Waals surface area contributed by atoms with Gasteiger partial charge in [-0.25, -0.2) is 4.39 Å². The van der Waals surface area contributed by atoms with Gasteiger partial charge >= 0.3 is 0 Å². The number of fused-ring (bicyclic) bond motifs is 1. The first kappa shape index (κ1) is 17.4. The first-order valence-electron chi connectivity index (χ1n) is 9.43. The van der Waals surface area contributed by atoms with E-state index in [-0.39, 0.29) is 30.1 Å². The molecule has 1 aromatic carbocycles. The Bertz CT molecular complexity index is 886. The second kappa shape index (κ2) is 6.13. The van der Waals surface area contributed by atoms with Crippen molar-refractivity contribution in [1.29, 1.82) is 0 Å². The van der Waals surface area contributed by atoms with Crippen LogP contribution in [-0.2, 0) is 25.7 Å². The third kappa shape index (κ3) is 2.55. The summed E-state index contributed by atoms with van der Waals surface area (Å²) >= 11 is 0. The van der Waals surface area contributed by atoms with Gasteiger partial charge in [0.05, 0.1) is 31.0 Å². The Balaban J connectivity index is 1.38. The molecule has 0 aromatic heterocycles. The minimum absolute atomic E-state index is 0.0129. The van der Waals surface area contributed by atoms with Crippen molar-refractivity contribution in [3.63, 3.8) is 0 Å². The number of nitrogens with one attached hydrogen (secondary N) is 1. The van der Waals surface area contributed by atoms with Crippen LogP contribution in [0.5, 0.6) is 0 Å². The van der Waals surface area contributed by atoms with Crippen molar-refractivity contribution in [2.45, 2.75) is 18.2 Å². The van der Waals surface area contributed by atoms with Gasteiger partial charge in [0.25, 0.3) is 0 Å². The SMILES string of the molecule is O=C1CN(C(=O)C2C3C(=O)N(Cc4ccc(F)cc4)C[C@@]34C=C[C@@H]2O4)CCN1. The molecule has 4 aliphatic heterocycles. The lowest BCUT2D eigenvalue weighted by atomic mass is 9.76. The van der Waals surface area contributed by atoms with Gasteiger partial charge in [-0.3, -0.25) is 14.4 Å². The largest absolute Gasteiger partial charge is 0.360 e.